The first kappa shape index (κ1) is 15.0. The van der Waals surface area contributed by atoms with Gasteiger partial charge in [-0.3, -0.25) is 0 Å². The molecule has 0 unspecified atom stereocenters. The van der Waals surface area contributed by atoms with Crippen molar-refractivity contribution in [2.24, 2.45) is 0 Å². The molecule has 114 valence electrons. The van der Waals surface area contributed by atoms with Crippen molar-refractivity contribution in [3.05, 3.63) is 48.0 Å². The van der Waals surface area contributed by atoms with Gasteiger partial charge in [-0.1, -0.05) is 13.0 Å². The van der Waals surface area contributed by atoms with E-state index in [1.807, 2.05) is 12.3 Å². The molecule has 0 fully saturated rings. The molecule has 0 amide bonds. The van der Waals surface area contributed by atoms with E-state index >= 15 is 0 Å². The fraction of sp³-hybridized carbons (Fsp3) is 0.235. The molecule has 0 aliphatic rings. The number of aromatic amines is 1. The monoisotopic (exact) mass is 316 g/mol. The molecule has 3 nitrogen and oxygen atoms in total. The van der Waals surface area contributed by atoms with E-state index in [1.165, 1.54) is 11.6 Å². The zero-order valence-corrected chi connectivity index (χ0v) is 13.7. The third-order valence-electron chi connectivity index (χ3n) is 3.86. The van der Waals surface area contributed by atoms with Crippen LogP contribution in [0, 0.1) is 5.82 Å². The molecule has 1 aromatic carbocycles. The van der Waals surface area contributed by atoms with Gasteiger partial charge < -0.3 is 9.55 Å². The Hall–Kier alpha value is -1.93. The maximum absolute atomic E-state index is 13.9. The summed E-state index contributed by atoms with van der Waals surface area (Å²) in [4.78, 5) is 7.57. The predicted molar refractivity (Wildman–Crippen MR) is 90.0 cm³/mol. The van der Waals surface area contributed by atoms with Crippen LogP contribution in [0.1, 0.15) is 12.5 Å². The molecule has 0 aliphatic heterocycles. The molecule has 22 heavy (non-hydrogen) atoms. The maximum atomic E-state index is 13.9. The molecular formula is C17H18FN2OP. The zero-order chi connectivity index (χ0) is 15.9. The Bertz CT molecular complexity index is 895. The van der Waals surface area contributed by atoms with Gasteiger partial charge in [0.25, 0.3) is 0 Å². The number of aromatic nitrogens is 2. The third kappa shape index (κ3) is 2.59. The first-order valence-corrected chi connectivity index (χ1v) is 9.81. The Labute approximate surface area is 129 Å². The molecular weight excluding hydrogens is 298 g/mol. The number of H-pyrrole nitrogens is 1. The van der Waals surface area contributed by atoms with Crippen molar-refractivity contribution in [2.75, 3.05) is 13.3 Å². The van der Waals surface area contributed by atoms with Gasteiger partial charge >= 0.3 is 0 Å². The summed E-state index contributed by atoms with van der Waals surface area (Å²) in [7, 11) is -2.66. The molecule has 2 heterocycles. The van der Waals surface area contributed by atoms with Crippen LogP contribution in [0.25, 0.3) is 22.2 Å². The van der Waals surface area contributed by atoms with E-state index in [4.69, 9.17) is 0 Å². The summed E-state index contributed by atoms with van der Waals surface area (Å²) in [6.45, 7) is 5.26. The lowest BCUT2D eigenvalue weighted by Crippen LogP contribution is -2.08. The summed E-state index contributed by atoms with van der Waals surface area (Å²) in [5.74, 6) is -0.415. The summed E-state index contributed by atoms with van der Waals surface area (Å²) in [6, 6.07) is 6.81. The number of hydrogen-bond acceptors (Lipinski definition) is 2. The van der Waals surface area contributed by atoms with E-state index in [1.54, 1.807) is 31.7 Å². The quantitative estimate of drug-likeness (QED) is 0.737. The lowest BCUT2D eigenvalue weighted by molar-refractivity contribution is 0.584. The minimum Gasteiger partial charge on any atom is -0.346 e. The average molecular weight is 316 g/mol. The summed E-state index contributed by atoms with van der Waals surface area (Å²) >= 11 is 0. The zero-order valence-electron chi connectivity index (χ0n) is 12.9. The summed E-state index contributed by atoms with van der Waals surface area (Å²) in [6.07, 6.45) is 4.63. The van der Waals surface area contributed by atoms with Gasteiger partial charge in [-0.25, -0.2) is 9.37 Å². The lowest BCUT2D eigenvalue weighted by Gasteiger charge is -2.11. The smallest absolute Gasteiger partial charge is 0.137 e. The highest BCUT2D eigenvalue weighted by molar-refractivity contribution is 7.70. The second-order valence-electron chi connectivity index (χ2n) is 5.80. The Balaban J connectivity index is 2.17. The first-order chi connectivity index (χ1) is 10.4. The van der Waals surface area contributed by atoms with Gasteiger partial charge in [-0.15, -0.1) is 0 Å². The van der Waals surface area contributed by atoms with Crippen molar-refractivity contribution in [2.45, 2.75) is 13.3 Å². The van der Waals surface area contributed by atoms with Gasteiger partial charge in [0, 0.05) is 28.6 Å². The van der Waals surface area contributed by atoms with Crippen molar-refractivity contribution >= 4 is 23.5 Å². The fourth-order valence-corrected chi connectivity index (χ4v) is 3.65. The van der Waals surface area contributed by atoms with Crippen molar-refractivity contribution in [3.63, 3.8) is 0 Å². The van der Waals surface area contributed by atoms with Crippen LogP contribution in [0.2, 0.25) is 0 Å². The second kappa shape index (κ2) is 5.36. The van der Waals surface area contributed by atoms with Crippen LogP contribution in [0.5, 0.6) is 0 Å². The van der Waals surface area contributed by atoms with E-state index in [-0.39, 0.29) is 5.30 Å². The molecule has 0 spiro atoms. The van der Waals surface area contributed by atoms with Gasteiger partial charge in [0.1, 0.15) is 18.6 Å². The number of benzene rings is 1. The highest BCUT2D eigenvalue weighted by Gasteiger charge is 2.17. The van der Waals surface area contributed by atoms with Crippen molar-refractivity contribution < 1.29 is 8.96 Å². The topological polar surface area (TPSA) is 45.8 Å². The van der Waals surface area contributed by atoms with Crippen molar-refractivity contribution in [1.82, 2.24) is 9.97 Å². The molecule has 3 rings (SSSR count). The number of nitrogens with zero attached hydrogens (tertiary/aromatic N) is 1. The first-order valence-electron chi connectivity index (χ1n) is 7.21. The fourth-order valence-electron chi connectivity index (χ4n) is 2.61. The van der Waals surface area contributed by atoms with Gasteiger partial charge in [0.2, 0.25) is 0 Å². The van der Waals surface area contributed by atoms with Crippen LogP contribution in [-0.2, 0) is 11.0 Å². The number of fused-ring (bicyclic) bond motifs is 1. The molecule has 0 saturated carbocycles. The molecule has 0 atom stereocenters. The van der Waals surface area contributed by atoms with E-state index in [0.717, 1.165) is 28.6 Å². The number of aryl methyl sites for hydroxylation is 1. The van der Waals surface area contributed by atoms with Gasteiger partial charge in [-0.05, 0) is 49.1 Å². The van der Waals surface area contributed by atoms with Crippen molar-refractivity contribution in [3.8, 4) is 11.1 Å². The number of hydrogen-bond donors (Lipinski definition) is 1. The summed E-state index contributed by atoms with van der Waals surface area (Å²) in [5, 5.41) is 1.36. The minimum atomic E-state index is -2.66. The lowest BCUT2D eigenvalue weighted by atomic mass is 10.1. The normalized spacial score (nSPS) is 12.0. The number of pyridine rings is 1. The van der Waals surface area contributed by atoms with Gasteiger partial charge in [0.05, 0.1) is 0 Å². The molecule has 1 N–H and O–H groups in total. The van der Waals surface area contributed by atoms with Crippen LogP contribution in [0.15, 0.2) is 36.7 Å². The van der Waals surface area contributed by atoms with Gasteiger partial charge in [0.15, 0.2) is 0 Å². The van der Waals surface area contributed by atoms with E-state index in [2.05, 4.69) is 16.9 Å². The van der Waals surface area contributed by atoms with Crippen molar-refractivity contribution in [1.29, 1.82) is 0 Å². The Morgan fingerprint density at radius 1 is 1.23 bits per heavy atom. The number of rotatable bonds is 3. The van der Waals surface area contributed by atoms with Crippen LogP contribution >= 0.6 is 7.14 Å². The van der Waals surface area contributed by atoms with Crippen LogP contribution in [0.3, 0.4) is 0 Å². The maximum Gasteiger partial charge on any atom is 0.137 e. The second-order valence-corrected chi connectivity index (χ2v) is 8.99. The standard InChI is InChI=1S/C17H18FN2OP/c1-4-11-9-19-17-14(11)7-13(10-20-17)12-5-6-15(18)16(8-12)22(2,3)21/h5-10H,4H2,1-3H3,(H,19,20). The molecule has 2 aromatic heterocycles. The Kier molecular flexibility index (Phi) is 3.65. The molecule has 0 saturated heterocycles. The van der Waals surface area contributed by atoms with Gasteiger partial charge in [-0.2, -0.15) is 0 Å². The summed E-state index contributed by atoms with van der Waals surface area (Å²) < 4.78 is 26.1. The molecule has 0 bridgehead atoms. The SMILES string of the molecule is CCc1c[nH]c2ncc(-c3ccc(F)c(P(C)(C)=O)c3)cc12. The van der Waals surface area contributed by atoms with Crippen LogP contribution < -0.4 is 5.30 Å². The molecule has 5 heteroatoms. The minimum absolute atomic E-state index is 0.287. The molecule has 3 aromatic rings. The largest absolute Gasteiger partial charge is 0.346 e. The average Bonchev–Trinajstić information content (AvgIpc) is 2.88. The van der Waals surface area contributed by atoms with Crippen LogP contribution in [0.4, 0.5) is 4.39 Å². The molecule has 0 aliphatic carbocycles. The Morgan fingerprint density at radius 3 is 2.68 bits per heavy atom. The Morgan fingerprint density at radius 2 is 2.00 bits per heavy atom. The van der Waals surface area contributed by atoms with Crippen LogP contribution in [-0.4, -0.2) is 23.3 Å². The molecule has 0 radical (unpaired) electrons. The highest BCUT2D eigenvalue weighted by Crippen LogP contribution is 2.37. The highest BCUT2D eigenvalue weighted by atomic mass is 31.2. The van der Waals surface area contributed by atoms with E-state index in [9.17, 15) is 8.96 Å². The van der Waals surface area contributed by atoms with E-state index < -0.39 is 13.0 Å². The number of halogens is 1. The predicted octanol–water partition coefficient (Wildman–Crippen LogP) is 4.18. The third-order valence-corrected chi connectivity index (χ3v) is 5.36. The number of nitrogens with one attached hydrogen (secondary N) is 1. The summed E-state index contributed by atoms with van der Waals surface area (Å²) in [5.41, 5.74) is 3.78. The van der Waals surface area contributed by atoms with E-state index in [0.29, 0.717) is 0 Å².